The Labute approximate surface area is 79.8 Å². The standard InChI is InChI=1S/C9H9NO2S/c1-5-8(11)7(9(10)12-5)6-2-3-13-4-6/h2-5H,10H2,1H3. The fraction of sp³-hybridized carbons (Fsp3) is 0.222. The van der Waals surface area contributed by atoms with Gasteiger partial charge in [-0.2, -0.15) is 11.3 Å². The molecule has 1 unspecified atom stereocenters. The molecule has 2 N–H and O–H groups in total. The van der Waals surface area contributed by atoms with Crippen molar-refractivity contribution in [1.82, 2.24) is 0 Å². The molecule has 0 radical (unpaired) electrons. The van der Waals surface area contributed by atoms with Crippen molar-refractivity contribution in [3.8, 4) is 0 Å². The lowest BCUT2D eigenvalue weighted by atomic mass is 10.0. The van der Waals surface area contributed by atoms with Gasteiger partial charge in [0.1, 0.15) is 0 Å². The molecule has 13 heavy (non-hydrogen) atoms. The maximum atomic E-state index is 11.6. The smallest absolute Gasteiger partial charge is 0.209 e. The molecule has 0 amide bonds. The first kappa shape index (κ1) is 8.31. The van der Waals surface area contributed by atoms with Gasteiger partial charge in [0.2, 0.25) is 5.78 Å². The number of rotatable bonds is 1. The first-order chi connectivity index (χ1) is 6.20. The molecule has 1 aromatic rings. The highest BCUT2D eigenvalue weighted by Crippen LogP contribution is 2.28. The number of carbonyl (C=O) groups excluding carboxylic acids is 1. The van der Waals surface area contributed by atoms with Crippen molar-refractivity contribution in [2.24, 2.45) is 5.73 Å². The molecular weight excluding hydrogens is 186 g/mol. The average Bonchev–Trinajstić information content (AvgIpc) is 2.63. The molecule has 1 aliphatic heterocycles. The second-order valence-corrected chi connectivity index (χ2v) is 3.66. The summed E-state index contributed by atoms with van der Waals surface area (Å²) >= 11 is 1.53. The fourth-order valence-electron chi connectivity index (χ4n) is 1.32. The molecule has 0 saturated carbocycles. The average molecular weight is 195 g/mol. The van der Waals surface area contributed by atoms with Crippen LogP contribution in [0.3, 0.4) is 0 Å². The minimum atomic E-state index is -0.435. The Bertz CT molecular complexity index is 367. The molecule has 4 heteroatoms. The number of Topliss-reactive ketones (excluding diaryl/α,β-unsaturated/α-hetero) is 1. The van der Waals surface area contributed by atoms with Gasteiger partial charge in [-0.05, 0) is 23.8 Å². The van der Waals surface area contributed by atoms with Crippen LogP contribution >= 0.6 is 11.3 Å². The van der Waals surface area contributed by atoms with Gasteiger partial charge < -0.3 is 10.5 Å². The molecule has 3 nitrogen and oxygen atoms in total. The van der Waals surface area contributed by atoms with Crippen LogP contribution in [0.25, 0.3) is 5.57 Å². The summed E-state index contributed by atoms with van der Waals surface area (Å²) in [5.74, 6) is 0.215. The van der Waals surface area contributed by atoms with Crippen molar-refractivity contribution in [1.29, 1.82) is 0 Å². The minimum Gasteiger partial charge on any atom is -0.467 e. The van der Waals surface area contributed by atoms with Gasteiger partial charge in [-0.25, -0.2) is 0 Å². The predicted octanol–water partition coefficient (Wildman–Crippen LogP) is 1.36. The maximum absolute atomic E-state index is 11.6. The summed E-state index contributed by atoms with van der Waals surface area (Å²) in [7, 11) is 0. The zero-order valence-corrected chi connectivity index (χ0v) is 7.93. The molecule has 2 rings (SSSR count). The third-order valence-electron chi connectivity index (χ3n) is 1.98. The largest absolute Gasteiger partial charge is 0.467 e. The Hall–Kier alpha value is -1.29. The lowest BCUT2D eigenvalue weighted by molar-refractivity contribution is -0.119. The number of nitrogens with two attached hydrogens (primary N) is 1. The summed E-state index contributed by atoms with van der Waals surface area (Å²) in [6, 6.07) is 1.87. The van der Waals surface area contributed by atoms with Gasteiger partial charge in [0, 0.05) is 5.56 Å². The Kier molecular flexibility index (Phi) is 1.84. The minimum absolute atomic E-state index is 0.0316. The molecule has 1 aliphatic rings. The van der Waals surface area contributed by atoms with Gasteiger partial charge in [-0.3, -0.25) is 4.79 Å². The molecule has 0 spiro atoms. The topological polar surface area (TPSA) is 52.3 Å². The monoisotopic (exact) mass is 195 g/mol. The number of thiophene rings is 1. The van der Waals surface area contributed by atoms with Gasteiger partial charge in [0.25, 0.3) is 0 Å². The third kappa shape index (κ3) is 1.23. The SMILES string of the molecule is CC1OC(N)=C(c2ccsc2)C1=O. The quantitative estimate of drug-likeness (QED) is 0.736. The molecule has 0 bridgehead atoms. The van der Waals surface area contributed by atoms with Gasteiger partial charge in [0.05, 0.1) is 5.57 Å². The summed E-state index contributed by atoms with van der Waals surface area (Å²) in [4.78, 5) is 11.6. The Balaban J connectivity index is 2.44. The van der Waals surface area contributed by atoms with E-state index in [1.165, 1.54) is 11.3 Å². The van der Waals surface area contributed by atoms with Gasteiger partial charge in [-0.1, -0.05) is 0 Å². The van der Waals surface area contributed by atoms with Crippen LogP contribution in [0.15, 0.2) is 22.7 Å². The number of hydrogen-bond donors (Lipinski definition) is 1. The first-order valence-corrected chi connectivity index (χ1v) is 4.87. The van der Waals surface area contributed by atoms with E-state index in [2.05, 4.69) is 0 Å². The molecule has 1 atom stereocenters. The van der Waals surface area contributed by atoms with Crippen molar-refractivity contribution in [2.75, 3.05) is 0 Å². The third-order valence-corrected chi connectivity index (χ3v) is 2.66. The second-order valence-electron chi connectivity index (χ2n) is 2.88. The van der Waals surface area contributed by atoms with Crippen LogP contribution in [0.1, 0.15) is 12.5 Å². The molecule has 0 aliphatic carbocycles. The number of ether oxygens (including phenoxy) is 1. The van der Waals surface area contributed by atoms with Gasteiger partial charge in [-0.15, -0.1) is 0 Å². The lowest BCUT2D eigenvalue weighted by Gasteiger charge is -1.99. The summed E-state index contributed by atoms with van der Waals surface area (Å²) in [5.41, 5.74) is 6.97. The zero-order chi connectivity index (χ0) is 9.42. The van der Waals surface area contributed by atoms with E-state index in [-0.39, 0.29) is 11.7 Å². The Morgan fingerprint density at radius 2 is 2.38 bits per heavy atom. The van der Waals surface area contributed by atoms with Crippen LogP contribution in [-0.2, 0) is 9.53 Å². The van der Waals surface area contributed by atoms with Crippen molar-refractivity contribution in [3.05, 3.63) is 28.3 Å². The second kappa shape index (κ2) is 2.88. The van der Waals surface area contributed by atoms with Gasteiger partial charge >= 0.3 is 0 Å². The molecule has 0 aromatic carbocycles. The van der Waals surface area contributed by atoms with Crippen LogP contribution in [0, 0.1) is 0 Å². The normalized spacial score (nSPS) is 22.2. The molecular formula is C9H9NO2S. The fourth-order valence-corrected chi connectivity index (χ4v) is 1.97. The van der Waals surface area contributed by atoms with Crippen LogP contribution in [0.4, 0.5) is 0 Å². The van der Waals surface area contributed by atoms with Crippen molar-refractivity contribution >= 4 is 22.7 Å². The predicted molar refractivity (Wildman–Crippen MR) is 51.0 cm³/mol. The van der Waals surface area contributed by atoms with E-state index in [1.807, 2.05) is 16.8 Å². The van der Waals surface area contributed by atoms with Crippen LogP contribution in [-0.4, -0.2) is 11.9 Å². The van der Waals surface area contributed by atoms with E-state index in [0.29, 0.717) is 5.57 Å². The highest BCUT2D eigenvalue weighted by Gasteiger charge is 2.31. The zero-order valence-electron chi connectivity index (χ0n) is 7.11. The summed E-state index contributed by atoms with van der Waals surface area (Å²) in [5, 5.41) is 3.80. The van der Waals surface area contributed by atoms with Crippen molar-refractivity contribution < 1.29 is 9.53 Å². The van der Waals surface area contributed by atoms with Crippen LogP contribution < -0.4 is 5.73 Å². The summed E-state index contributed by atoms with van der Waals surface area (Å²) in [6.45, 7) is 1.70. The number of hydrogen-bond acceptors (Lipinski definition) is 4. The van der Waals surface area contributed by atoms with E-state index < -0.39 is 6.10 Å². The molecule has 1 aromatic heterocycles. The molecule has 2 heterocycles. The maximum Gasteiger partial charge on any atom is 0.209 e. The summed E-state index contributed by atoms with van der Waals surface area (Å²) in [6.07, 6.45) is -0.435. The molecule has 0 fully saturated rings. The van der Waals surface area contributed by atoms with E-state index in [0.717, 1.165) is 5.56 Å². The van der Waals surface area contributed by atoms with Crippen LogP contribution in [0.2, 0.25) is 0 Å². The number of carbonyl (C=O) groups is 1. The van der Waals surface area contributed by atoms with Crippen LogP contribution in [0.5, 0.6) is 0 Å². The van der Waals surface area contributed by atoms with E-state index in [4.69, 9.17) is 10.5 Å². The number of ketones is 1. The van der Waals surface area contributed by atoms with Gasteiger partial charge in [0.15, 0.2) is 12.0 Å². The Morgan fingerprint density at radius 1 is 1.62 bits per heavy atom. The molecule has 0 saturated heterocycles. The summed E-state index contributed by atoms with van der Waals surface area (Å²) < 4.78 is 5.12. The van der Waals surface area contributed by atoms with Crippen molar-refractivity contribution in [2.45, 2.75) is 13.0 Å². The van der Waals surface area contributed by atoms with Crippen molar-refractivity contribution in [3.63, 3.8) is 0 Å². The van der Waals surface area contributed by atoms with E-state index >= 15 is 0 Å². The Morgan fingerprint density at radius 3 is 2.85 bits per heavy atom. The lowest BCUT2D eigenvalue weighted by Crippen LogP contribution is -2.12. The molecule has 68 valence electrons. The van der Waals surface area contributed by atoms with E-state index in [1.54, 1.807) is 6.92 Å². The first-order valence-electron chi connectivity index (χ1n) is 3.93. The highest BCUT2D eigenvalue weighted by atomic mass is 32.1. The highest BCUT2D eigenvalue weighted by molar-refractivity contribution is 7.08. The van der Waals surface area contributed by atoms with E-state index in [9.17, 15) is 4.79 Å².